The third kappa shape index (κ3) is 3.74. The summed E-state index contributed by atoms with van der Waals surface area (Å²) in [6.45, 7) is 0. The highest BCUT2D eigenvalue weighted by molar-refractivity contribution is 7.92. The predicted molar refractivity (Wildman–Crippen MR) is 106 cm³/mol. The first-order valence-corrected chi connectivity index (χ1v) is 10.3. The Hall–Kier alpha value is -2.64. The number of nitrogens with two attached hydrogens (primary N) is 1. The summed E-state index contributed by atoms with van der Waals surface area (Å²) < 4.78 is 27.6. The van der Waals surface area contributed by atoms with Gasteiger partial charge in [-0.25, -0.2) is 18.4 Å². The number of nitrogens with one attached hydrogen (secondary N) is 1. The normalized spacial score (nSPS) is 14.1. The quantitative estimate of drug-likeness (QED) is 0.673. The van der Waals surface area contributed by atoms with Crippen molar-refractivity contribution in [3.63, 3.8) is 0 Å². The van der Waals surface area contributed by atoms with Crippen molar-refractivity contribution in [1.29, 1.82) is 0 Å². The molecule has 3 aromatic rings. The summed E-state index contributed by atoms with van der Waals surface area (Å²) in [5.41, 5.74) is 8.20. The molecule has 3 N–H and O–H groups in total. The van der Waals surface area contributed by atoms with Crippen LogP contribution in [0.5, 0.6) is 0 Å². The molecular formula is C19H17ClN4O2S. The summed E-state index contributed by atoms with van der Waals surface area (Å²) in [4.78, 5) is 8.30. The molecule has 1 aromatic carbocycles. The van der Waals surface area contributed by atoms with Crippen LogP contribution in [0.3, 0.4) is 0 Å². The molecule has 2 heterocycles. The van der Waals surface area contributed by atoms with Gasteiger partial charge in [0.1, 0.15) is 16.5 Å². The number of sulfonamides is 1. The van der Waals surface area contributed by atoms with Crippen LogP contribution in [-0.4, -0.2) is 18.4 Å². The Morgan fingerprint density at radius 3 is 2.56 bits per heavy atom. The van der Waals surface area contributed by atoms with Crippen LogP contribution in [0.4, 0.5) is 11.6 Å². The zero-order valence-electron chi connectivity index (χ0n) is 14.3. The minimum Gasteiger partial charge on any atom is -0.384 e. The molecule has 0 spiro atoms. The summed E-state index contributed by atoms with van der Waals surface area (Å²) in [6, 6.07) is 14.0. The van der Waals surface area contributed by atoms with E-state index in [-0.39, 0.29) is 16.5 Å². The Morgan fingerprint density at radius 1 is 1.07 bits per heavy atom. The lowest BCUT2D eigenvalue weighted by atomic mass is 10.0. The van der Waals surface area contributed by atoms with Gasteiger partial charge in [0.05, 0.1) is 10.7 Å². The summed E-state index contributed by atoms with van der Waals surface area (Å²) in [5.74, 6) is 0.953. The lowest BCUT2D eigenvalue weighted by Gasteiger charge is -2.12. The van der Waals surface area contributed by atoms with Crippen molar-refractivity contribution >= 4 is 33.3 Å². The number of benzene rings is 1. The summed E-state index contributed by atoms with van der Waals surface area (Å²) in [7, 11) is -3.83. The lowest BCUT2D eigenvalue weighted by molar-refractivity contribution is 0.600. The molecule has 0 radical (unpaired) electrons. The smallest absolute Gasteiger partial charge is 0.264 e. The van der Waals surface area contributed by atoms with E-state index in [1.165, 1.54) is 30.0 Å². The van der Waals surface area contributed by atoms with E-state index in [2.05, 4.69) is 20.8 Å². The van der Waals surface area contributed by atoms with Crippen molar-refractivity contribution in [2.45, 2.75) is 23.7 Å². The van der Waals surface area contributed by atoms with Crippen LogP contribution in [0, 0.1) is 0 Å². The number of pyridine rings is 2. The minimum absolute atomic E-state index is 0.00776. The third-order valence-electron chi connectivity index (χ3n) is 4.39. The molecule has 0 atom stereocenters. The number of halogens is 1. The fraction of sp³-hybridized carbons (Fsp3) is 0.158. The number of hydrogen-bond donors (Lipinski definition) is 2. The second-order valence-corrected chi connectivity index (χ2v) is 8.50. The van der Waals surface area contributed by atoms with Crippen LogP contribution in [0.15, 0.2) is 59.6 Å². The van der Waals surface area contributed by atoms with E-state index in [4.69, 9.17) is 17.3 Å². The Balaban J connectivity index is 1.70. The van der Waals surface area contributed by atoms with Gasteiger partial charge in [-0.1, -0.05) is 35.9 Å². The van der Waals surface area contributed by atoms with Crippen molar-refractivity contribution in [1.82, 2.24) is 9.97 Å². The number of aromatic nitrogens is 2. The van der Waals surface area contributed by atoms with Crippen molar-refractivity contribution in [3.05, 3.63) is 65.3 Å². The molecule has 0 aliphatic heterocycles. The van der Waals surface area contributed by atoms with Gasteiger partial charge < -0.3 is 5.73 Å². The molecule has 0 amide bonds. The molecule has 0 unspecified atom stereocenters. The van der Waals surface area contributed by atoms with Crippen molar-refractivity contribution in [2.24, 2.45) is 0 Å². The second kappa shape index (κ2) is 6.83. The molecule has 8 heteroatoms. The molecule has 6 nitrogen and oxygen atoms in total. The van der Waals surface area contributed by atoms with Crippen LogP contribution < -0.4 is 10.5 Å². The highest BCUT2D eigenvalue weighted by Crippen LogP contribution is 2.45. The van der Waals surface area contributed by atoms with E-state index in [1.807, 2.05) is 18.2 Å². The molecule has 27 heavy (non-hydrogen) atoms. The summed E-state index contributed by atoms with van der Waals surface area (Å²) in [5, 5.41) is 0.472. The maximum absolute atomic E-state index is 12.6. The maximum Gasteiger partial charge on any atom is 0.264 e. The zero-order chi connectivity index (χ0) is 19.0. The maximum atomic E-state index is 12.6. The first kappa shape index (κ1) is 17.8. The molecule has 0 bridgehead atoms. The standard InChI is InChI=1S/C19H17ClN4O2S/c20-16-8-10-18(24-27(25,26)13-7-9-17(21)22-11-13)23-19(16)15-4-2-1-3-14(15)12-5-6-12/h1-4,7-12H,5-6H2,(H2,21,22)(H,23,24). The van der Waals surface area contributed by atoms with Gasteiger partial charge in [0.25, 0.3) is 10.0 Å². The van der Waals surface area contributed by atoms with E-state index >= 15 is 0 Å². The highest BCUT2D eigenvalue weighted by Gasteiger charge is 2.27. The SMILES string of the molecule is Nc1ccc(S(=O)(=O)Nc2ccc(Cl)c(-c3ccccc3C3CC3)n2)cn1. The Labute approximate surface area is 162 Å². The summed E-state index contributed by atoms with van der Waals surface area (Å²) >= 11 is 6.37. The molecule has 1 fully saturated rings. The molecule has 4 rings (SSSR count). The monoisotopic (exact) mass is 400 g/mol. The molecular weight excluding hydrogens is 384 g/mol. The molecule has 2 aromatic heterocycles. The van der Waals surface area contributed by atoms with Gasteiger partial charge in [0.15, 0.2) is 0 Å². The van der Waals surface area contributed by atoms with E-state index in [1.54, 1.807) is 6.07 Å². The van der Waals surface area contributed by atoms with Gasteiger partial charge in [-0.05, 0) is 48.6 Å². The first-order valence-electron chi connectivity index (χ1n) is 8.44. The number of anilines is 2. The fourth-order valence-corrected chi connectivity index (χ4v) is 4.05. The lowest BCUT2D eigenvalue weighted by Crippen LogP contribution is -2.14. The Bertz CT molecular complexity index is 1100. The van der Waals surface area contributed by atoms with Crippen LogP contribution >= 0.6 is 11.6 Å². The predicted octanol–water partition coefficient (Wildman–Crippen LogP) is 4.06. The zero-order valence-corrected chi connectivity index (χ0v) is 15.8. The van der Waals surface area contributed by atoms with Crippen molar-refractivity contribution < 1.29 is 8.42 Å². The van der Waals surface area contributed by atoms with E-state index in [0.717, 1.165) is 18.4 Å². The molecule has 0 saturated heterocycles. The van der Waals surface area contributed by atoms with Gasteiger partial charge in [-0.15, -0.1) is 0 Å². The van der Waals surface area contributed by atoms with E-state index < -0.39 is 10.0 Å². The molecule has 1 saturated carbocycles. The van der Waals surface area contributed by atoms with Gasteiger partial charge >= 0.3 is 0 Å². The van der Waals surface area contributed by atoms with E-state index in [9.17, 15) is 8.42 Å². The first-order chi connectivity index (χ1) is 12.9. The third-order valence-corrected chi connectivity index (χ3v) is 6.03. The van der Waals surface area contributed by atoms with Crippen molar-refractivity contribution in [2.75, 3.05) is 10.5 Å². The van der Waals surface area contributed by atoms with Crippen LogP contribution in [-0.2, 0) is 10.0 Å². The number of rotatable bonds is 5. The summed E-state index contributed by atoms with van der Waals surface area (Å²) in [6.07, 6.45) is 3.49. The molecule has 1 aliphatic rings. The molecule has 1 aliphatic carbocycles. The molecule has 138 valence electrons. The van der Waals surface area contributed by atoms with Crippen molar-refractivity contribution in [3.8, 4) is 11.3 Å². The topological polar surface area (TPSA) is 98.0 Å². The van der Waals surface area contributed by atoms with Gasteiger partial charge in [0.2, 0.25) is 0 Å². The fourth-order valence-electron chi connectivity index (χ4n) is 2.90. The number of hydrogen-bond acceptors (Lipinski definition) is 5. The minimum atomic E-state index is -3.83. The van der Waals surface area contributed by atoms with Gasteiger partial charge in [0, 0.05) is 11.8 Å². The van der Waals surface area contributed by atoms with Crippen LogP contribution in [0.2, 0.25) is 5.02 Å². The highest BCUT2D eigenvalue weighted by atomic mass is 35.5. The largest absolute Gasteiger partial charge is 0.384 e. The number of nitrogen functional groups attached to an aromatic ring is 1. The average Bonchev–Trinajstić information content (AvgIpc) is 3.49. The van der Waals surface area contributed by atoms with Gasteiger partial charge in [-0.2, -0.15) is 0 Å². The van der Waals surface area contributed by atoms with Crippen LogP contribution in [0.1, 0.15) is 24.3 Å². The average molecular weight is 401 g/mol. The number of nitrogens with zero attached hydrogens (tertiary/aromatic N) is 2. The van der Waals surface area contributed by atoms with Gasteiger partial charge in [-0.3, -0.25) is 4.72 Å². The van der Waals surface area contributed by atoms with Crippen LogP contribution in [0.25, 0.3) is 11.3 Å². The second-order valence-electron chi connectivity index (χ2n) is 6.41. The Kier molecular flexibility index (Phi) is 4.49. The Morgan fingerprint density at radius 2 is 1.85 bits per heavy atom. The van der Waals surface area contributed by atoms with E-state index in [0.29, 0.717) is 16.6 Å².